The number of likely N-dealkylation sites (N-methyl/N-ethyl adjacent to an activating group) is 1. The number of hydrogen-bond acceptors (Lipinski definition) is 3. The standard InChI is InChI=1S/C13H28N4O/c1-4-11(2)17(3)8-7-15-13(14)16-10-12-6-5-9-18-12/h11-12H,4-10H2,1-3H3,(H3,14,15,16)/t11-,12-/m0/s1. The maximum Gasteiger partial charge on any atom is 0.188 e. The molecule has 0 saturated carbocycles. The molecule has 5 nitrogen and oxygen atoms in total. The molecule has 5 heteroatoms. The Bertz CT molecular complexity index is 251. The van der Waals surface area contributed by atoms with Crippen LogP contribution in [0.4, 0.5) is 0 Å². The van der Waals surface area contributed by atoms with E-state index in [1.54, 1.807) is 0 Å². The molecule has 1 heterocycles. The molecule has 1 fully saturated rings. The molecule has 2 atom stereocenters. The molecule has 0 radical (unpaired) electrons. The van der Waals surface area contributed by atoms with Crippen molar-refractivity contribution in [2.24, 2.45) is 10.7 Å². The fourth-order valence-electron chi connectivity index (χ4n) is 1.94. The molecule has 106 valence electrons. The van der Waals surface area contributed by atoms with Gasteiger partial charge in [-0.25, -0.2) is 0 Å². The van der Waals surface area contributed by atoms with Crippen LogP contribution in [0.2, 0.25) is 0 Å². The number of nitrogens with two attached hydrogens (primary N) is 1. The molecule has 1 rings (SSSR count). The summed E-state index contributed by atoms with van der Waals surface area (Å²) in [5.74, 6) is 0.531. The van der Waals surface area contributed by atoms with Crippen molar-refractivity contribution < 1.29 is 4.74 Å². The second kappa shape index (κ2) is 8.32. The molecule has 0 spiro atoms. The lowest BCUT2D eigenvalue weighted by molar-refractivity contribution is 0.117. The normalized spacial score (nSPS) is 22.4. The zero-order valence-electron chi connectivity index (χ0n) is 12.0. The van der Waals surface area contributed by atoms with Gasteiger partial charge in [-0.1, -0.05) is 6.92 Å². The zero-order valence-corrected chi connectivity index (χ0v) is 12.0. The smallest absolute Gasteiger partial charge is 0.188 e. The van der Waals surface area contributed by atoms with Crippen LogP contribution in [-0.2, 0) is 4.74 Å². The highest BCUT2D eigenvalue weighted by atomic mass is 16.5. The summed E-state index contributed by atoms with van der Waals surface area (Å²) in [5.41, 5.74) is 5.81. The lowest BCUT2D eigenvalue weighted by Gasteiger charge is -2.23. The minimum Gasteiger partial charge on any atom is -0.376 e. The Hall–Kier alpha value is -0.810. The highest BCUT2D eigenvalue weighted by Crippen LogP contribution is 2.11. The Balaban J connectivity index is 2.11. The van der Waals surface area contributed by atoms with E-state index in [2.05, 4.69) is 36.1 Å². The van der Waals surface area contributed by atoms with Crippen molar-refractivity contribution >= 4 is 5.96 Å². The lowest BCUT2D eigenvalue weighted by atomic mass is 10.2. The van der Waals surface area contributed by atoms with Crippen molar-refractivity contribution in [1.29, 1.82) is 0 Å². The SMILES string of the molecule is CC[C@H](C)N(C)CCNC(N)=NC[C@@H]1CCCO1. The minimum absolute atomic E-state index is 0.271. The summed E-state index contributed by atoms with van der Waals surface area (Å²) in [6.45, 7) is 7.79. The number of ether oxygens (including phenoxy) is 1. The van der Waals surface area contributed by atoms with Crippen molar-refractivity contribution in [1.82, 2.24) is 10.2 Å². The third kappa shape index (κ3) is 5.69. The summed E-state index contributed by atoms with van der Waals surface area (Å²) in [5, 5.41) is 3.15. The number of guanidine groups is 1. The number of nitrogens with one attached hydrogen (secondary N) is 1. The van der Waals surface area contributed by atoms with Crippen molar-refractivity contribution in [3.8, 4) is 0 Å². The van der Waals surface area contributed by atoms with Gasteiger partial charge in [0.15, 0.2) is 5.96 Å². The maximum absolute atomic E-state index is 5.81. The van der Waals surface area contributed by atoms with Crippen LogP contribution in [-0.4, -0.2) is 56.3 Å². The molecule has 1 aliphatic heterocycles. The summed E-state index contributed by atoms with van der Waals surface area (Å²) in [7, 11) is 2.13. The van der Waals surface area contributed by atoms with E-state index in [9.17, 15) is 0 Å². The van der Waals surface area contributed by atoms with Gasteiger partial charge < -0.3 is 20.7 Å². The van der Waals surface area contributed by atoms with Crippen LogP contribution in [0.1, 0.15) is 33.1 Å². The average molecular weight is 256 g/mol. The van der Waals surface area contributed by atoms with Gasteiger partial charge in [0.05, 0.1) is 12.6 Å². The summed E-state index contributed by atoms with van der Waals surface area (Å²) in [6.07, 6.45) is 3.69. The highest BCUT2D eigenvalue weighted by Gasteiger charge is 2.14. The molecule has 0 bridgehead atoms. The lowest BCUT2D eigenvalue weighted by Crippen LogP contribution is -2.40. The number of nitrogens with zero attached hydrogens (tertiary/aromatic N) is 2. The summed E-state index contributed by atoms with van der Waals surface area (Å²) >= 11 is 0. The van der Waals surface area contributed by atoms with Gasteiger partial charge in [-0.15, -0.1) is 0 Å². The molecule has 0 unspecified atom stereocenters. The van der Waals surface area contributed by atoms with Gasteiger partial charge in [0.1, 0.15) is 0 Å². The Morgan fingerprint density at radius 1 is 1.61 bits per heavy atom. The molecule has 1 saturated heterocycles. The van der Waals surface area contributed by atoms with Gasteiger partial charge in [0.2, 0.25) is 0 Å². The molecule has 3 N–H and O–H groups in total. The fraction of sp³-hybridized carbons (Fsp3) is 0.923. The van der Waals surface area contributed by atoms with Crippen molar-refractivity contribution in [2.75, 3.05) is 33.3 Å². The van der Waals surface area contributed by atoms with E-state index >= 15 is 0 Å². The largest absolute Gasteiger partial charge is 0.376 e. The Labute approximate surface area is 111 Å². The van der Waals surface area contributed by atoms with Crippen LogP contribution < -0.4 is 11.1 Å². The second-order valence-electron chi connectivity index (χ2n) is 5.03. The second-order valence-corrected chi connectivity index (χ2v) is 5.03. The van der Waals surface area contributed by atoms with Crippen molar-refractivity contribution in [2.45, 2.75) is 45.3 Å². The average Bonchev–Trinajstić information content (AvgIpc) is 2.88. The number of hydrogen-bond donors (Lipinski definition) is 2. The van der Waals surface area contributed by atoms with E-state index in [1.165, 1.54) is 6.42 Å². The van der Waals surface area contributed by atoms with E-state index in [0.717, 1.165) is 32.5 Å². The van der Waals surface area contributed by atoms with Crippen LogP contribution in [0.3, 0.4) is 0 Å². The Kier molecular flexibility index (Phi) is 7.05. The molecule has 0 aliphatic carbocycles. The van der Waals surface area contributed by atoms with Gasteiger partial charge in [0.25, 0.3) is 0 Å². The third-order valence-electron chi connectivity index (χ3n) is 3.60. The third-order valence-corrected chi connectivity index (χ3v) is 3.60. The molecule has 1 aliphatic rings. The van der Waals surface area contributed by atoms with E-state index in [-0.39, 0.29) is 6.10 Å². The van der Waals surface area contributed by atoms with Crippen molar-refractivity contribution in [3.63, 3.8) is 0 Å². The van der Waals surface area contributed by atoms with E-state index in [1.807, 2.05) is 0 Å². The van der Waals surface area contributed by atoms with Crippen LogP contribution in [0.5, 0.6) is 0 Å². The van der Waals surface area contributed by atoms with Gasteiger partial charge in [-0.05, 0) is 33.2 Å². The predicted octanol–water partition coefficient (Wildman–Crippen LogP) is 0.800. The predicted molar refractivity (Wildman–Crippen MR) is 75.8 cm³/mol. The van der Waals surface area contributed by atoms with Crippen LogP contribution in [0.15, 0.2) is 4.99 Å². The Morgan fingerprint density at radius 3 is 3.00 bits per heavy atom. The number of aliphatic imine (C=N–C) groups is 1. The van der Waals surface area contributed by atoms with E-state index in [4.69, 9.17) is 10.5 Å². The molecule has 18 heavy (non-hydrogen) atoms. The van der Waals surface area contributed by atoms with Crippen LogP contribution >= 0.6 is 0 Å². The van der Waals surface area contributed by atoms with Crippen LogP contribution in [0.25, 0.3) is 0 Å². The summed E-state index contributed by atoms with van der Waals surface area (Å²) < 4.78 is 5.49. The summed E-state index contributed by atoms with van der Waals surface area (Å²) in [4.78, 5) is 6.63. The van der Waals surface area contributed by atoms with Crippen molar-refractivity contribution in [3.05, 3.63) is 0 Å². The fourth-order valence-corrected chi connectivity index (χ4v) is 1.94. The molecular weight excluding hydrogens is 228 g/mol. The first-order chi connectivity index (χ1) is 8.63. The molecule has 0 aromatic rings. The minimum atomic E-state index is 0.271. The van der Waals surface area contributed by atoms with Gasteiger partial charge in [0, 0.05) is 25.7 Å². The molecule has 0 aromatic heterocycles. The quantitative estimate of drug-likeness (QED) is 0.522. The molecule has 0 amide bonds. The van der Waals surface area contributed by atoms with Gasteiger partial charge in [-0.2, -0.15) is 0 Å². The van der Waals surface area contributed by atoms with Gasteiger partial charge in [-0.3, -0.25) is 4.99 Å². The number of rotatable bonds is 7. The zero-order chi connectivity index (χ0) is 13.4. The monoisotopic (exact) mass is 256 g/mol. The first-order valence-corrected chi connectivity index (χ1v) is 6.99. The first kappa shape index (κ1) is 15.2. The maximum atomic E-state index is 5.81. The Morgan fingerprint density at radius 2 is 2.39 bits per heavy atom. The topological polar surface area (TPSA) is 62.9 Å². The molecule has 0 aromatic carbocycles. The van der Waals surface area contributed by atoms with E-state index in [0.29, 0.717) is 18.5 Å². The van der Waals surface area contributed by atoms with Gasteiger partial charge >= 0.3 is 0 Å². The van der Waals surface area contributed by atoms with E-state index < -0.39 is 0 Å². The first-order valence-electron chi connectivity index (χ1n) is 6.99. The van der Waals surface area contributed by atoms with Crippen LogP contribution in [0, 0.1) is 0 Å². The summed E-state index contributed by atoms with van der Waals surface area (Å²) in [6, 6.07) is 0.608. The highest BCUT2D eigenvalue weighted by molar-refractivity contribution is 5.77. The molecular formula is C13H28N4O.